The van der Waals surface area contributed by atoms with Crippen LogP contribution in [0, 0.1) is 18.7 Å². The third kappa shape index (κ3) is 6.77. The molecule has 3 aromatic carbocycles. The number of piperidine rings is 1. The maximum absolute atomic E-state index is 15.5. The Kier molecular flexibility index (Phi) is 9.71. The Balaban J connectivity index is 1.68. The molecule has 7 heteroatoms. The fourth-order valence-corrected chi connectivity index (χ4v) is 5.86. The second kappa shape index (κ2) is 13.2. The summed E-state index contributed by atoms with van der Waals surface area (Å²) in [5, 5.41) is 18.5. The molecule has 0 aromatic heterocycles. The van der Waals surface area contributed by atoms with Crippen LogP contribution in [0.25, 0.3) is 11.1 Å². The highest BCUT2D eigenvalue weighted by Gasteiger charge is 2.43. The standard InChI is InChI=1S/C33H40FN3O3/c1-23-8-4-9-27(20-23)31-29(11-5-12-30(31)34)33(40,17-7-18-36-24(2)38)28-10-6-19-37(22-28)32(39)26-15-13-25(14-16-26)21-35-3/h4-5,8-9,11-16,20,28,35,40H,6-7,10,17-19,21-22H2,1-3H3,(H,36,38)/t28-,33?/m1/s1. The molecule has 0 bridgehead atoms. The number of hydrogen-bond acceptors (Lipinski definition) is 4. The summed E-state index contributed by atoms with van der Waals surface area (Å²) in [5.74, 6) is -0.908. The zero-order chi connectivity index (χ0) is 28.7. The van der Waals surface area contributed by atoms with Gasteiger partial charge in [0.15, 0.2) is 0 Å². The Bertz CT molecular complexity index is 1330. The third-order valence-electron chi connectivity index (χ3n) is 7.86. The van der Waals surface area contributed by atoms with Gasteiger partial charge in [0, 0.05) is 50.1 Å². The molecule has 3 N–H and O–H groups in total. The van der Waals surface area contributed by atoms with Gasteiger partial charge in [0.05, 0.1) is 5.60 Å². The number of benzene rings is 3. The maximum atomic E-state index is 15.5. The van der Waals surface area contributed by atoms with E-state index in [0.717, 1.165) is 24.1 Å². The van der Waals surface area contributed by atoms with Crippen molar-refractivity contribution in [2.75, 3.05) is 26.7 Å². The molecular weight excluding hydrogens is 505 g/mol. The molecule has 2 amide bonds. The molecule has 0 spiro atoms. The number of nitrogens with zero attached hydrogens (tertiary/aromatic N) is 1. The average Bonchev–Trinajstić information content (AvgIpc) is 2.95. The second-order valence-electron chi connectivity index (χ2n) is 10.9. The van der Waals surface area contributed by atoms with Crippen molar-refractivity contribution >= 4 is 11.8 Å². The van der Waals surface area contributed by atoms with E-state index in [1.165, 1.54) is 13.0 Å². The van der Waals surface area contributed by atoms with E-state index in [1.54, 1.807) is 12.1 Å². The summed E-state index contributed by atoms with van der Waals surface area (Å²) >= 11 is 0. The number of carbonyl (C=O) groups is 2. The summed E-state index contributed by atoms with van der Waals surface area (Å²) in [6.07, 6.45) is 2.26. The van der Waals surface area contributed by atoms with Crippen LogP contribution >= 0.6 is 0 Å². The molecule has 1 aliphatic heterocycles. The van der Waals surface area contributed by atoms with Crippen molar-refractivity contribution in [2.45, 2.75) is 51.7 Å². The molecule has 1 saturated heterocycles. The number of aliphatic hydroxyl groups is 1. The lowest BCUT2D eigenvalue weighted by Crippen LogP contribution is -2.48. The van der Waals surface area contributed by atoms with E-state index >= 15 is 4.39 Å². The van der Waals surface area contributed by atoms with Crippen molar-refractivity contribution in [1.82, 2.24) is 15.5 Å². The molecule has 0 aliphatic carbocycles. The number of aryl methyl sites for hydroxylation is 1. The lowest BCUT2D eigenvalue weighted by atomic mass is 9.72. The lowest BCUT2D eigenvalue weighted by molar-refractivity contribution is -0.119. The Morgan fingerprint density at radius 3 is 2.55 bits per heavy atom. The molecule has 1 heterocycles. The molecule has 1 unspecified atom stereocenters. The van der Waals surface area contributed by atoms with Crippen molar-refractivity contribution in [3.63, 3.8) is 0 Å². The molecule has 3 aromatic rings. The number of nitrogens with one attached hydrogen (secondary N) is 2. The highest BCUT2D eigenvalue weighted by Crippen LogP contribution is 2.44. The van der Waals surface area contributed by atoms with Crippen LogP contribution in [0.15, 0.2) is 66.7 Å². The first kappa shape index (κ1) is 29.4. The molecule has 2 atom stereocenters. The van der Waals surface area contributed by atoms with Crippen LogP contribution in [0.4, 0.5) is 4.39 Å². The molecular formula is C33H40FN3O3. The van der Waals surface area contributed by atoms with E-state index in [1.807, 2.05) is 67.4 Å². The van der Waals surface area contributed by atoms with Crippen LogP contribution in [-0.4, -0.2) is 48.5 Å². The van der Waals surface area contributed by atoms with Gasteiger partial charge in [-0.05, 0) is 74.5 Å². The Labute approximate surface area is 236 Å². The zero-order valence-electron chi connectivity index (χ0n) is 23.7. The SMILES string of the molecule is CNCc1ccc(C(=O)N2CCC[C@@H](C(O)(CCCNC(C)=O)c3cccc(F)c3-c3cccc(C)c3)C2)cc1. The number of likely N-dealkylation sites (tertiary alicyclic amines) is 1. The van der Waals surface area contributed by atoms with Gasteiger partial charge in [-0.2, -0.15) is 0 Å². The summed E-state index contributed by atoms with van der Waals surface area (Å²) in [6.45, 7) is 5.51. The number of rotatable bonds is 10. The van der Waals surface area contributed by atoms with Crippen LogP contribution in [-0.2, 0) is 16.9 Å². The Morgan fingerprint density at radius 1 is 1.10 bits per heavy atom. The quantitative estimate of drug-likeness (QED) is 0.307. The molecule has 1 aliphatic rings. The first-order valence-electron chi connectivity index (χ1n) is 14.1. The zero-order valence-corrected chi connectivity index (χ0v) is 23.7. The van der Waals surface area contributed by atoms with Gasteiger partial charge in [-0.3, -0.25) is 9.59 Å². The first-order chi connectivity index (χ1) is 19.2. The van der Waals surface area contributed by atoms with Crippen LogP contribution in [0.2, 0.25) is 0 Å². The summed E-state index contributed by atoms with van der Waals surface area (Å²) in [4.78, 5) is 26.8. The first-order valence-corrected chi connectivity index (χ1v) is 14.1. The van der Waals surface area contributed by atoms with Crippen LogP contribution < -0.4 is 10.6 Å². The Morgan fingerprint density at radius 2 is 1.85 bits per heavy atom. The molecule has 40 heavy (non-hydrogen) atoms. The van der Waals surface area contributed by atoms with Crippen LogP contribution in [0.3, 0.4) is 0 Å². The number of halogens is 1. The fraction of sp³-hybridized carbons (Fsp3) is 0.394. The summed E-state index contributed by atoms with van der Waals surface area (Å²) in [5.41, 5.74) is 2.91. The topological polar surface area (TPSA) is 81.7 Å². The van der Waals surface area contributed by atoms with Gasteiger partial charge in [0.1, 0.15) is 5.82 Å². The highest BCUT2D eigenvalue weighted by atomic mass is 19.1. The van der Waals surface area contributed by atoms with Gasteiger partial charge >= 0.3 is 0 Å². The predicted molar refractivity (Wildman–Crippen MR) is 156 cm³/mol. The number of amides is 2. The second-order valence-corrected chi connectivity index (χ2v) is 10.9. The largest absolute Gasteiger partial charge is 0.385 e. The highest BCUT2D eigenvalue weighted by molar-refractivity contribution is 5.94. The summed E-state index contributed by atoms with van der Waals surface area (Å²) in [7, 11) is 1.88. The van der Waals surface area contributed by atoms with Gasteiger partial charge in [0.25, 0.3) is 5.91 Å². The smallest absolute Gasteiger partial charge is 0.253 e. The molecule has 0 saturated carbocycles. The predicted octanol–water partition coefficient (Wildman–Crippen LogP) is 5.18. The van der Waals surface area contributed by atoms with Crippen LogP contribution in [0.1, 0.15) is 59.7 Å². The van der Waals surface area contributed by atoms with E-state index in [0.29, 0.717) is 61.2 Å². The molecule has 212 valence electrons. The lowest BCUT2D eigenvalue weighted by Gasteiger charge is -2.43. The van der Waals surface area contributed by atoms with E-state index < -0.39 is 11.4 Å². The van der Waals surface area contributed by atoms with Gasteiger partial charge in [-0.15, -0.1) is 0 Å². The van der Waals surface area contributed by atoms with E-state index in [2.05, 4.69) is 10.6 Å². The van der Waals surface area contributed by atoms with E-state index in [-0.39, 0.29) is 17.7 Å². The molecule has 6 nitrogen and oxygen atoms in total. The van der Waals surface area contributed by atoms with Crippen molar-refractivity contribution in [3.8, 4) is 11.1 Å². The monoisotopic (exact) mass is 545 g/mol. The molecule has 0 radical (unpaired) electrons. The summed E-state index contributed by atoms with van der Waals surface area (Å²) in [6, 6.07) is 20.1. The van der Waals surface area contributed by atoms with Crippen molar-refractivity contribution in [1.29, 1.82) is 0 Å². The van der Waals surface area contributed by atoms with E-state index in [4.69, 9.17) is 0 Å². The number of hydrogen-bond donors (Lipinski definition) is 3. The minimum absolute atomic E-state index is 0.0700. The summed E-state index contributed by atoms with van der Waals surface area (Å²) < 4.78 is 15.5. The number of carbonyl (C=O) groups excluding carboxylic acids is 2. The molecule has 1 fully saturated rings. The Hall–Kier alpha value is -3.55. The van der Waals surface area contributed by atoms with Gasteiger partial charge < -0.3 is 20.6 Å². The van der Waals surface area contributed by atoms with Crippen molar-refractivity contribution in [3.05, 3.63) is 94.8 Å². The minimum atomic E-state index is -1.41. The van der Waals surface area contributed by atoms with Crippen molar-refractivity contribution < 1.29 is 19.1 Å². The fourth-order valence-electron chi connectivity index (χ4n) is 5.86. The van der Waals surface area contributed by atoms with Gasteiger partial charge in [-0.25, -0.2) is 4.39 Å². The maximum Gasteiger partial charge on any atom is 0.253 e. The minimum Gasteiger partial charge on any atom is -0.385 e. The normalized spacial score (nSPS) is 16.8. The van der Waals surface area contributed by atoms with Crippen molar-refractivity contribution in [2.24, 2.45) is 5.92 Å². The van der Waals surface area contributed by atoms with Gasteiger partial charge in [0.2, 0.25) is 5.91 Å². The van der Waals surface area contributed by atoms with Crippen LogP contribution in [0.5, 0.6) is 0 Å². The van der Waals surface area contributed by atoms with E-state index in [9.17, 15) is 14.7 Å². The van der Waals surface area contributed by atoms with Gasteiger partial charge in [-0.1, -0.05) is 54.1 Å². The average molecular weight is 546 g/mol. The molecule has 4 rings (SSSR count). The third-order valence-corrected chi connectivity index (χ3v) is 7.86.